The molecule has 122 valence electrons. The Hall–Kier alpha value is -1.89. The van der Waals surface area contributed by atoms with Gasteiger partial charge in [0.25, 0.3) is 0 Å². The summed E-state index contributed by atoms with van der Waals surface area (Å²) in [6.45, 7) is 3.96. The van der Waals surface area contributed by atoms with Gasteiger partial charge in [-0.2, -0.15) is 0 Å². The molecule has 1 rings (SSSR count). The third-order valence-electron chi connectivity index (χ3n) is 2.98. The van der Waals surface area contributed by atoms with Gasteiger partial charge in [-0.3, -0.25) is 9.59 Å². The fourth-order valence-corrected chi connectivity index (χ4v) is 3.03. The fraction of sp³-hybridized carbons (Fsp3) is 0.467. The minimum atomic E-state index is -3.50. The van der Waals surface area contributed by atoms with Crippen LogP contribution in [0, 0.1) is 0 Å². The first-order chi connectivity index (χ1) is 10.3. The second kappa shape index (κ2) is 8.53. The topological polar surface area (TPSA) is 92.3 Å². The highest BCUT2D eigenvalue weighted by atomic mass is 32.2. The molecule has 6 nitrogen and oxygen atoms in total. The number of carbonyl (C=O) groups is 2. The SMILES string of the molecule is CCCCNC(=O)CCS(=O)(=O)c1ccc(NC(C)=O)cc1. The molecule has 0 aliphatic heterocycles. The van der Waals surface area contributed by atoms with Crippen molar-refractivity contribution in [1.29, 1.82) is 0 Å². The number of carbonyl (C=O) groups excluding carboxylic acids is 2. The Morgan fingerprint density at radius 2 is 1.77 bits per heavy atom. The number of unbranched alkanes of at least 4 members (excludes halogenated alkanes) is 1. The first-order valence-corrected chi connectivity index (χ1v) is 8.87. The summed E-state index contributed by atoms with van der Waals surface area (Å²) in [6, 6.07) is 5.90. The first-order valence-electron chi connectivity index (χ1n) is 7.22. The van der Waals surface area contributed by atoms with E-state index in [0.29, 0.717) is 12.2 Å². The Balaban J connectivity index is 2.58. The van der Waals surface area contributed by atoms with E-state index in [1.54, 1.807) is 0 Å². The summed E-state index contributed by atoms with van der Waals surface area (Å²) in [5.74, 6) is -0.712. The third kappa shape index (κ3) is 6.26. The van der Waals surface area contributed by atoms with Crippen LogP contribution in [0.25, 0.3) is 0 Å². The van der Waals surface area contributed by atoms with Crippen LogP contribution in [0.5, 0.6) is 0 Å². The summed E-state index contributed by atoms with van der Waals surface area (Å²) in [5, 5.41) is 5.25. The van der Waals surface area contributed by atoms with Crippen molar-refractivity contribution in [2.75, 3.05) is 17.6 Å². The molecule has 22 heavy (non-hydrogen) atoms. The van der Waals surface area contributed by atoms with Crippen LogP contribution in [0.3, 0.4) is 0 Å². The van der Waals surface area contributed by atoms with Crippen LogP contribution in [0.15, 0.2) is 29.2 Å². The molecule has 0 spiro atoms. The molecule has 0 fully saturated rings. The number of anilines is 1. The number of hydrogen-bond acceptors (Lipinski definition) is 4. The van der Waals surface area contributed by atoms with Gasteiger partial charge in [-0.1, -0.05) is 13.3 Å². The monoisotopic (exact) mass is 326 g/mol. The van der Waals surface area contributed by atoms with Gasteiger partial charge >= 0.3 is 0 Å². The predicted molar refractivity (Wildman–Crippen MR) is 85.3 cm³/mol. The average molecular weight is 326 g/mol. The van der Waals surface area contributed by atoms with Crippen molar-refractivity contribution in [3.63, 3.8) is 0 Å². The second-order valence-corrected chi connectivity index (χ2v) is 7.09. The Morgan fingerprint density at radius 3 is 2.32 bits per heavy atom. The van der Waals surface area contributed by atoms with E-state index in [1.165, 1.54) is 31.2 Å². The minimum Gasteiger partial charge on any atom is -0.356 e. The molecule has 0 saturated heterocycles. The summed E-state index contributed by atoms with van der Waals surface area (Å²) in [7, 11) is -3.50. The Morgan fingerprint density at radius 1 is 1.14 bits per heavy atom. The number of hydrogen-bond donors (Lipinski definition) is 2. The van der Waals surface area contributed by atoms with E-state index in [4.69, 9.17) is 0 Å². The maximum absolute atomic E-state index is 12.1. The number of sulfone groups is 1. The summed E-state index contributed by atoms with van der Waals surface area (Å²) in [4.78, 5) is 22.6. The van der Waals surface area contributed by atoms with E-state index >= 15 is 0 Å². The summed E-state index contributed by atoms with van der Waals surface area (Å²) in [6.07, 6.45) is 1.79. The molecule has 0 aliphatic carbocycles. The summed E-state index contributed by atoms with van der Waals surface area (Å²) in [5.41, 5.74) is 0.531. The lowest BCUT2D eigenvalue weighted by molar-refractivity contribution is -0.120. The molecule has 7 heteroatoms. The molecule has 0 unspecified atom stereocenters. The number of benzene rings is 1. The molecule has 0 atom stereocenters. The van der Waals surface area contributed by atoms with Crippen LogP contribution in [0.4, 0.5) is 5.69 Å². The number of amides is 2. The van der Waals surface area contributed by atoms with Crippen LogP contribution in [0.1, 0.15) is 33.1 Å². The maximum Gasteiger partial charge on any atom is 0.221 e. The molecule has 0 aromatic heterocycles. The predicted octanol–water partition coefficient (Wildman–Crippen LogP) is 1.73. The van der Waals surface area contributed by atoms with Gasteiger partial charge in [0, 0.05) is 25.6 Å². The zero-order chi connectivity index (χ0) is 16.6. The molecule has 2 amide bonds. The van der Waals surface area contributed by atoms with Crippen LogP contribution in [0.2, 0.25) is 0 Å². The molecule has 2 N–H and O–H groups in total. The van der Waals surface area contributed by atoms with Gasteiger partial charge in [0.05, 0.1) is 10.6 Å². The molecule has 0 aliphatic rings. The van der Waals surface area contributed by atoms with E-state index < -0.39 is 9.84 Å². The van der Waals surface area contributed by atoms with Gasteiger partial charge in [0.15, 0.2) is 9.84 Å². The maximum atomic E-state index is 12.1. The molecule has 1 aromatic rings. The molecule has 0 saturated carbocycles. The highest BCUT2D eigenvalue weighted by Crippen LogP contribution is 2.16. The quantitative estimate of drug-likeness (QED) is 0.712. The van der Waals surface area contributed by atoms with Gasteiger partial charge in [0.2, 0.25) is 11.8 Å². The van der Waals surface area contributed by atoms with Crippen molar-refractivity contribution >= 4 is 27.3 Å². The van der Waals surface area contributed by atoms with Crippen molar-refractivity contribution in [3.05, 3.63) is 24.3 Å². The van der Waals surface area contributed by atoms with Gasteiger partial charge < -0.3 is 10.6 Å². The van der Waals surface area contributed by atoms with Crippen molar-refractivity contribution in [3.8, 4) is 0 Å². The van der Waals surface area contributed by atoms with Gasteiger partial charge in [-0.25, -0.2) is 8.42 Å². The summed E-state index contributed by atoms with van der Waals surface area (Å²) < 4.78 is 24.3. The standard InChI is InChI=1S/C15H22N2O4S/c1-3-4-10-16-15(19)9-11-22(20,21)14-7-5-13(6-8-14)17-12(2)18/h5-8H,3-4,9-11H2,1-2H3,(H,16,19)(H,17,18). The Labute approximate surface area is 131 Å². The second-order valence-electron chi connectivity index (χ2n) is 4.98. The van der Waals surface area contributed by atoms with Crippen molar-refractivity contribution in [2.45, 2.75) is 38.0 Å². The lowest BCUT2D eigenvalue weighted by atomic mass is 10.3. The van der Waals surface area contributed by atoms with Crippen LogP contribution in [-0.2, 0) is 19.4 Å². The van der Waals surface area contributed by atoms with Crippen LogP contribution in [-0.4, -0.2) is 32.5 Å². The van der Waals surface area contributed by atoms with Crippen molar-refractivity contribution in [2.24, 2.45) is 0 Å². The molecule has 0 bridgehead atoms. The van der Waals surface area contributed by atoms with E-state index in [1.807, 2.05) is 6.92 Å². The zero-order valence-corrected chi connectivity index (χ0v) is 13.7. The van der Waals surface area contributed by atoms with Gasteiger partial charge in [-0.05, 0) is 30.7 Å². The number of nitrogens with one attached hydrogen (secondary N) is 2. The molecule has 0 heterocycles. The Bertz CT molecular complexity index is 609. The molecule has 1 aromatic carbocycles. The van der Waals surface area contributed by atoms with E-state index in [-0.39, 0.29) is 28.9 Å². The van der Waals surface area contributed by atoms with Gasteiger partial charge in [-0.15, -0.1) is 0 Å². The normalized spacial score (nSPS) is 11.0. The molecular weight excluding hydrogens is 304 g/mol. The lowest BCUT2D eigenvalue weighted by Crippen LogP contribution is -2.26. The fourth-order valence-electron chi connectivity index (χ4n) is 1.79. The van der Waals surface area contributed by atoms with Crippen LogP contribution >= 0.6 is 0 Å². The molecule has 0 radical (unpaired) electrons. The van der Waals surface area contributed by atoms with Gasteiger partial charge in [0.1, 0.15) is 0 Å². The van der Waals surface area contributed by atoms with E-state index in [9.17, 15) is 18.0 Å². The highest BCUT2D eigenvalue weighted by Gasteiger charge is 2.16. The average Bonchev–Trinajstić information content (AvgIpc) is 2.45. The highest BCUT2D eigenvalue weighted by molar-refractivity contribution is 7.91. The number of rotatable bonds is 8. The third-order valence-corrected chi connectivity index (χ3v) is 4.72. The first kappa shape index (κ1) is 18.2. The minimum absolute atomic E-state index is 0.0561. The van der Waals surface area contributed by atoms with Crippen molar-refractivity contribution in [1.82, 2.24) is 5.32 Å². The van der Waals surface area contributed by atoms with Crippen LogP contribution < -0.4 is 10.6 Å². The zero-order valence-electron chi connectivity index (χ0n) is 12.9. The molecular formula is C15H22N2O4S. The van der Waals surface area contributed by atoms with E-state index in [2.05, 4.69) is 10.6 Å². The Kier molecular flexibility index (Phi) is 7.04. The van der Waals surface area contributed by atoms with E-state index in [0.717, 1.165) is 12.8 Å². The smallest absolute Gasteiger partial charge is 0.221 e. The largest absolute Gasteiger partial charge is 0.356 e. The van der Waals surface area contributed by atoms with Crippen molar-refractivity contribution < 1.29 is 18.0 Å². The lowest BCUT2D eigenvalue weighted by Gasteiger charge is -2.07. The summed E-state index contributed by atoms with van der Waals surface area (Å²) >= 11 is 0.